The third kappa shape index (κ3) is 3.58. The van der Waals surface area contributed by atoms with Crippen LogP contribution in [0.5, 0.6) is 5.75 Å². The zero-order valence-electron chi connectivity index (χ0n) is 13.9. The molecule has 0 atom stereocenters. The highest BCUT2D eigenvalue weighted by atomic mass is 19.1. The summed E-state index contributed by atoms with van der Waals surface area (Å²) in [5.41, 5.74) is 0.951. The van der Waals surface area contributed by atoms with Crippen LogP contribution in [0, 0.1) is 18.7 Å². The zero-order chi connectivity index (χ0) is 17.1. The molecule has 1 aliphatic rings. The SMILES string of the molecule is Cc1onc(C(=O)N2CCC(C)CC2)c1COc1ccc(F)cc1. The Morgan fingerprint density at radius 2 is 2.00 bits per heavy atom. The molecule has 0 bridgehead atoms. The van der Waals surface area contributed by atoms with E-state index in [9.17, 15) is 9.18 Å². The molecule has 128 valence electrons. The van der Waals surface area contributed by atoms with Crippen LogP contribution >= 0.6 is 0 Å². The van der Waals surface area contributed by atoms with Gasteiger partial charge in [-0.3, -0.25) is 4.79 Å². The summed E-state index contributed by atoms with van der Waals surface area (Å²) in [6.07, 6.45) is 2.01. The van der Waals surface area contributed by atoms with E-state index >= 15 is 0 Å². The van der Waals surface area contributed by atoms with Crippen molar-refractivity contribution in [2.75, 3.05) is 13.1 Å². The molecule has 0 aliphatic carbocycles. The normalized spacial score (nSPS) is 15.5. The Hall–Kier alpha value is -2.37. The fourth-order valence-corrected chi connectivity index (χ4v) is 2.78. The van der Waals surface area contributed by atoms with Gasteiger partial charge < -0.3 is 14.2 Å². The predicted molar refractivity (Wildman–Crippen MR) is 86.3 cm³/mol. The minimum Gasteiger partial charge on any atom is -0.489 e. The molecule has 0 saturated carbocycles. The van der Waals surface area contributed by atoms with E-state index in [1.165, 1.54) is 12.1 Å². The molecule has 2 heterocycles. The van der Waals surface area contributed by atoms with Crippen molar-refractivity contribution in [3.8, 4) is 5.75 Å². The molecule has 1 fully saturated rings. The minimum absolute atomic E-state index is 0.114. The van der Waals surface area contributed by atoms with Crippen LogP contribution in [0.3, 0.4) is 0 Å². The second kappa shape index (κ2) is 7.03. The largest absolute Gasteiger partial charge is 0.489 e. The summed E-state index contributed by atoms with van der Waals surface area (Å²) >= 11 is 0. The van der Waals surface area contributed by atoms with Crippen molar-refractivity contribution >= 4 is 5.91 Å². The van der Waals surface area contributed by atoms with E-state index in [-0.39, 0.29) is 18.3 Å². The standard InChI is InChI=1S/C18H21FN2O3/c1-12-7-9-21(10-8-12)18(22)17-16(13(2)24-20-17)11-23-15-5-3-14(19)4-6-15/h3-6,12H,7-11H2,1-2H3. The van der Waals surface area contributed by atoms with E-state index in [1.807, 2.05) is 4.90 Å². The molecular weight excluding hydrogens is 311 g/mol. The number of benzene rings is 1. The molecule has 1 aromatic heterocycles. The number of amides is 1. The molecule has 2 aromatic rings. The number of carbonyl (C=O) groups is 1. The average molecular weight is 332 g/mol. The number of nitrogens with zero attached hydrogens (tertiary/aromatic N) is 2. The number of likely N-dealkylation sites (tertiary alicyclic amines) is 1. The van der Waals surface area contributed by atoms with E-state index in [1.54, 1.807) is 19.1 Å². The van der Waals surface area contributed by atoms with Crippen LogP contribution in [0.25, 0.3) is 0 Å². The molecule has 3 rings (SSSR count). The zero-order valence-corrected chi connectivity index (χ0v) is 13.9. The highest BCUT2D eigenvalue weighted by Crippen LogP contribution is 2.22. The summed E-state index contributed by atoms with van der Waals surface area (Å²) < 4.78 is 23.8. The van der Waals surface area contributed by atoms with Gasteiger partial charge in [0.2, 0.25) is 0 Å². The Morgan fingerprint density at radius 3 is 2.67 bits per heavy atom. The Kier molecular flexibility index (Phi) is 4.83. The monoisotopic (exact) mass is 332 g/mol. The summed E-state index contributed by atoms with van der Waals surface area (Å²) in [4.78, 5) is 14.5. The van der Waals surface area contributed by atoms with Gasteiger partial charge in [-0.25, -0.2) is 4.39 Å². The number of aryl methyl sites for hydroxylation is 1. The van der Waals surface area contributed by atoms with Crippen LogP contribution in [0.15, 0.2) is 28.8 Å². The number of ether oxygens (including phenoxy) is 1. The third-order valence-corrected chi connectivity index (χ3v) is 4.45. The van der Waals surface area contributed by atoms with Gasteiger partial charge in [0.1, 0.15) is 23.9 Å². The summed E-state index contributed by atoms with van der Waals surface area (Å²) in [6.45, 7) is 5.59. The number of aromatic nitrogens is 1. The number of piperidine rings is 1. The van der Waals surface area contributed by atoms with Crippen LogP contribution in [0.1, 0.15) is 41.6 Å². The first-order chi connectivity index (χ1) is 11.5. The molecule has 1 amide bonds. The third-order valence-electron chi connectivity index (χ3n) is 4.45. The molecule has 0 N–H and O–H groups in total. The highest BCUT2D eigenvalue weighted by Gasteiger charge is 2.27. The highest BCUT2D eigenvalue weighted by molar-refractivity contribution is 5.93. The van der Waals surface area contributed by atoms with Crippen molar-refractivity contribution in [3.63, 3.8) is 0 Å². The first kappa shape index (κ1) is 16.5. The smallest absolute Gasteiger partial charge is 0.276 e. The molecule has 0 radical (unpaired) electrons. The van der Waals surface area contributed by atoms with Crippen LogP contribution < -0.4 is 4.74 Å². The fraction of sp³-hybridized carbons (Fsp3) is 0.444. The first-order valence-corrected chi connectivity index (χ1v) is 8.17. The predicted octanol–water partition coefficient (Wildman–Crippen LogP) is 3.57. The van der Waals surface area contributed by atoms with Crippen molar-refractivity contribution in [2.24, 2.45) is 5.92 Å². The summed E-state index contributed by atoms with van der Waals surface area (Å²) in [7, 11) is 0. The molecule has 1 aliphatic heterocycles. The van der Waals surface area contributed by atoms with Crippen molar-refractivity contribution in [2.45, 2.75) is 33.3 Å². The average Bonchev–Trinajstić information content (AvgIpc) is 2.95. The topological polar surface area (TPSA) is 55.6 Å². The molecule has 0 spiro atoms. The second-order valence-electron chi connectivity index (χ2n) is 6.28. The van der Waals surface area contributed by atoms with Gasteiger partial charge in [0.15, 0.2) is 5.69 Å². The maximum Gasteiger partial charge on any atom is 0.276 e. The van der Waals surface area contributed by atoms with Crippen LogP contribution in [0.4, 0.5) is 4.39 Å². The van der Waals surface area contributed by atoms with Gasteiger partial charge in [-0.15, -0.1) is 0 Å². The lowest BCUT2D eigenvalue weighted by atomic mass is 9.99. The van der Waals surface area contributed by atoms with Gasteiger partial charge in [-0.2, -0.15) is 0 Å². The van der Waals surface area contributed by atoms with Gasteiger partial charge >= 0.3 is 0 Å². The van der Waals surface area contributed by atoms with Crippen molar-refractivity contribution in [1.82, 2.24) is 10.1 Å². The van der Waals surface area contributed by atoms with E-state index in [0.717, 1.165) is 25.9 Å². The van der Waals surface area contributed by atoms with Gasteiger partial charge in [0.25, 0.3) is 5.91 Å². The first-order valence-electron chi connectivity index (χ1n) is 8.17. The fourth-order valence-electron chi connectivity index (χ4n) is 2.78. The summed E-state index contributed by atoms with van der Waals surface area (Å²) in [5.74, 6) is 1.30. The Morgan fingerprint density at radius 1 is 1.33 bits per heavy atom. The van der Waals surface area contributed by atoms with Gasteiger partial charge in [-0.05, 0) is 49.9 Å². The lowest BCUT2D eigenvalue weighted by Crippen LogP contribution is -2.38. The van der Waals surface area contributed by atoms with Gasteiger partial charge in [0, 0.05) is 13.1 Å². The van der Waals surface area contributed by atoms with Crippen LogP contribution in [-0.2, 0) is 6.61 Å². The Bertz CT molecular complexity index is 704. The van der Waals surface area contributed by atoms with Crippen molar-refractivity contribution in [3.05, 3.63) is 47.1 Å². The molecule has 1 aromatic carbocycles. The Balaban J connectivity index is 1.71. The molecule has 1 saturated heterocycles. The number of carbonyl (C=O) groups excluding carboxylic acids is 1. The number of rotatable bonds is 4. The van der Waals surface area contributed by atoms with E-state index < -0.39 is 0 Å². The van der Waals surface area contributed by atoms with Crippen LogP contribution in [-0.4, -0.2) is 29.1 Å². The number of hydrogen-bond donors (Lipinski definition) is 0. The minimum atomic E-state index is -0.321. The van der Waals surface area contributed by atoms with Crippen molar-refractivity contribution < 1.29 is 18.4 Å². The quantitative estimate of drug-likeness (QED) is 0.859. The second-order valence-corrected chi connectivity index (χ2v) is 6.28. The van der Waals surface area contributed by atoms with E-state index in [2.05, 4.69) is 12.1 Å². The Labute approximate surface area is 140 Å². The lowest BCUT2D eigenvalue weighted by Gasteiger charge is -2.29. The maximum absolute atomic E-state index is 12.9. The summed E-state index contributed by atoms with van der Waals surface area (Å²) in [5, 5.41) is 3.93. The van der Waals surface area contributed by atoms with Gasteiger partial charge in [0.05, 0.1) is 5.56 Å². The maximum atomic E-state index is 12.9. The molecule has 0 unspecified atom stereocenters. The number of halogens is 1. The van der Waals surface area contributed by atoms with Crippen LogP contribution in [0.2, 0.25) is 0 Å². The molecule has 24 heavy (non-hydrogen) atoms. The number of hydrogen-bond acceptors (Lipinski definition) is 4. The molecular formula is C18H21FN2O3. The molecule has 6 heteroatoms. The van der Waals surface area contributed by atoms with Crippen molar-refractivity contribution in [1.29, 1.82) is 0 Å². The lowest BCUT2D eigenvalue weighted by molar-refractivity contribution is 0.0684. The van der Waals surface area contributed by atoms with Gasteiger partial charge in [-0.1, -0.05) is 12.1 Å². The van der Waals surface area contributed by atoms with E-state index in [0.29, 0.717) is 28.7 Å². The van der Waals surface area contributed by atoms with E-state index in [4.69, 9.17) is 9.26 Å². The molecule has 5 nitrogen and oxygen atoms in total. The summed E-state index contributed by atoms with van der Waals surface area (Å²) in [6, 6.07) is 5.75.